The van der Waals surface area contributed by atoms with E-state index in [9.17, 15) is 0 Å². The maximum absolute atomic E-state index is 7.70. The molecule has 0 unspecified atom stereocenters. The number of H-pyrrole nitrogens is 1. The summed E-state index contributed by atoms with van der Waals surface area (Å²) < 4.78 is 0. The van der Waals surface area contributed by atoms with Crippen LogP contribution >= 0.6 is 0 Å². The van der Waals surface area contributed by atoms with Gasteiger partial charge in [0.1, 0.15) is 11.5 Å². The minimum absolute atomic E-state index is 0.0794. The van der Waals surface area contributed by atoms with E-state index in [0.29, 0.717) is 0 Å². The third kappa shape index (κ3) is 1.76. The third-order valence-electron chi connectivity index (χ3n) is 4.41. The Labute approximate surface area is 122 Å². The van der Waals surface area contributed by atoms with Gasteiger partial charge in [0.15, 0.2) is 0 Å². The first-order valence-electron chi connectivity index (χ1n) is 7.09. The van der Waals surface area contributed by atoms with Gasteiger partial charge < -0.3 is 10.7 Å². The number of benzene rings is 1. The second-order valence-electron chi connectivity index (χ2n) is 5.67. The first kappa shape index (κ1) is 12.1. The number of amidine groups is 1. The van der Waals surface area contributed by atoms with Crippen molar-refractivity contribution in [2.45, 2.75) is 18.3 Å². The summed E-state index contributed by atoms with van der Waals surface area (Å²) in [4.78, 5) is 7.80. The highest BCUT2D eigenvalue weighted by atomic mass is 14.9. The average Bonchev–Trinajstić information content (AvgIpc) is 3.20. The van der Waals surface area contributed by atoms with Gasteiger partial charge in [-0.3, -0.25) is 5.41 Å². The number of aromatic amines is 1. The Kier molecular flexibility index (Phi) is 2.42. The van der Waals surface area contributed by atoms with Crippen LogP contribution in [0, 0.1) is 5.41 Å². The van der Waals surface area contributed by atoms with Crippen LogP contribution in [-0.2, 0) is 5.41 Å². The van der Waals surface area contributed by atoms with E-state index < -0.39 is 0 Å². The van der Waals surface area contributed by atoms with Gasteiger partial charge in [0.05, 0.1) is 0 Å². The molecule has 21 heavy (non-hydrogen) atoms. The Morgan fingerprint density at radius 2 is 1.95 bits per heavy atom. The number of nitrogens with zero attached hydrogens (tertiary/aromatic N) is 1. The molecule has 4 rings (SSSR count). The smallest absolute Gasteiger partial charge is 0.138 e. The number of hydrogen-bond donors (Lipinski definition) is 3. The average molecular weight is 276 g/mol. The number of nitrogens with two attached hydrogens (primary N) is 1. The first-order valence-corrected chi connectivity index (χ1v) is 7.09. The van der Waals surface area contributed by atoms with E-state index in [2.05, 4.69) is 40.3 Å². The summed E-state index contributed by atoms with van der Waals surface area (Å²) in [5.41, 5.74) is 9.80. The summed E-state index contributed by atoms with van der Waals surface area (Å²) in [5.74, 6) is 0.0810. The minimum Gasteiger partial charge on any atom is -0.384 e. The molecule has 2 heterocycles. The molecule has 0 radical (unpaired) electrons. The number of fused-ring (bicyclic) bond motifs is 1. The lowest BCUT2D eigenvalue weighted by atomic mass is 9.92. The van der Waals surface area contributed by atoms with Gasteiger partial charge >= 0.3 is 0 Å². The van der Waals surface area contributed by atoms with Crippen LogP contribution in [0.15, 0.2) is 48.7 Å². The van der Waals surface area contributed by atoms with Crippen LogP contribution < -0.4 is 5.73 Å². The van der Waals surface area contributed by atoms with Crippen molar-refractivity contribution in [3.05, 3.63) is 65.5 Å². The largest absolute Gasteiger partial charge is 0.384 e. The van der Waals surface area contributed by atoms with Gasteiger partial charge in [-0.2, -0.15) is 0 Å². The first-order chi connectivity index (χ1) is 10.2. The lowest BCUT2D eigenvalue weighted by Gasteiger charge is -2.13. The van der Waals surface area contributed by atoms with Crippen LogP contribution in [0.4, 0.5) is 0 Å². The van der Waals surface area contributed by atoms with Crippen LogP contribution in [0.1, 0.15) is 29.7 Å². The van der Waals surface area contributed by atoms with E-state index in [1.165, 1.54) is 11.3 Å². The van der Waals surface area contributed by atoms with Gasteiger partial charge in [-0.15, -0.1) is 0 Å². The minimum atomic E-state index is 0.0794. The molecule has 0 spiro atoms. The Bertz CT molecular complexity index is 828. The number of hydrogen-bond acceptors (Lipinski definition) is 2. The van der Waals surface area contributed by atoms with E-state index in [4.69, 9.17) is 11.1 Å². The van der Waals surface area contributed by atoms with Crippen molar-refractivity contribution in [1.82, 2.24) is 9.97 Å². The second-order valence-corrected chi connectivity index (χ2v) is 5.67. The number of nitrogens with one attached hydrogen (secondary N) is 2. The fourth-order valence-corrected chi connectivity index (χ4v) is 3.12. The monoisotopic (exact) mass is 276 g/mol. The summed E-state index contributed by atoms with van der Waals surface area (Å²) in [6, 6.07) is 14.5. The van der Waals surface area contributed by atoms with Crippen LogP contribution in [0.2, 0.25) is 0 Å². The molecular formula is C17H16N4. The molecule has 1 fully saturated rings. The molecule has 3 aromatic rings. The highest BCUT2D eigenvalue weighted by molar-refractivity contribution is 6.06. The van der Waals surface area contributed by atoms with Crippen LogP contribution in [0.5, 0.6) is 0 Å². The SMILES string of the molecule is N=C(N)c1ccnc2[nH]c(C3(c4ccccc4)CC3)cc12. The van der Waals surface area contributed by atoms with Crippen molar-refractivity contribution in [1.29, 1.82) is 5.41 Å². The molecule has 1 aliphatic rings. The van der Waals surface area contributed by atoms with E-state index in [1.807, 2.05) is 6.07 Å². The highest BCUT2D eigenvalue weighted by Crippen LogP contribution is 2.53. The van der Waals surface area contributed by atoms with E-state index in [-0.39, 0.29) is 11.3 Å². The molecule has 1 saturated carbocycles. The summed E-state index contributed by atoms with van der Waals surface area (Å²) in [6.07, 6.45) is 3.97. The fraction of sp³-hybridized carbons (Fsp3) is 0.176. The molecule has 1 aliphatic carbocycles. The molecule has 0 atom stereocenters. The standard InChI is InChI=1S/C17H16N4/c18-15(19)12-6-9-20-16-13(12)10-14(21-16)17(7-8-17)11-4-2-1-3-5-11/h1-6,9-10H,7-8H2,(H3,18,19)(H,20,21). The zero-order chi connectivity index (χ0) is 14.4. The molecule has 4 nitrogen and oxygen atoms in total. The maximum atomic E-state index is 7.70. The molecule has 0 amide bonds. The quantitative estimate of drug-likeness (QED) is 0.508. The number of rotatable bonds is 3. The molecule has 104 valence electrons. The summed E-state index contributed by atoms with van der Waals surface area (Å²) in [7, 11) is 0. The van der Waals surface area contributed by atoms with E-state index in [0.717, 1.165) is 29.4 Å². The Morgan fingerprint density at radius 3 is 2.62 bits per heavy atom. The highest BCUT2D eigenvalue weighted by Gasteiger charge is 2.47. The normalized spacial score (nSPS) is 16.0. The number of aromatic nitrogens is 2. The Morgan fingerprint density at radius 1 is 1.19 bits per heavy atom. The van der Waals surface area contributed by atoms with E-state index >= 15 is 0 Å². The Balaban J connectivity index is 1.89. The molecular weight excluding hydrogens is 260 g/mol. The molecule has 4 heteroatoms. The van der Waals surface area contributed by atoms with Crippen molar-refractivity contribution >= 4 is 16.9 Å². The van der Waals surface area contributed by atoms with Gasteiger partial charge in [-0.05, 0) is 30.5 Å². The molecule has 0 aliphatic heterocycles. The maximum Gasteiger partial charge on any atom is 0.138 e. The second kappa shape index (κ2) is 4.19. The summed E-state index contributed by atoms with van der Waals surface area (Å²) >= 11 is 0. The van der Waals surface area contributed by atoms with E-state index in [1.54, 1.807) is 12.3 Å². The topological polar surface area (TPSA) is 78.6 Å². The zero-order valence-electron chi connectivity index (χ0n) is 11.6. The molecule has 0 saturated heterocycles. The summed E-state index contributed by atoms with van der Waals surface area (Å²) in [6.45, 7) is 0. The summed E-state index contributed by atoms with van der Waals surface area (Å²) in [5, 5.41) is 8.63. The van der Waals surface area contributed by atoms with Gasteiger partial charge in [0, 0.05) is 28.3 Å². The molecule has 4 N–H and O–H groups in total. The number of nitrogen functional groups attached to an aromatic ring is 1. The van der Waals surface area contributed by atoms with Gasteiger partial charge in [-0.1, -0.05) is 30.3 Å². The van der Waals surface area contributed by atoms with Crippen molar-refractivity contribution in [2.24, 2.45) is 5.73 Å². The molecule has 0 bridgehead atoms. The van der Waals surface area contributed by atoms with Gasteiger partial charge in [-0.25, -0.2) is 4.98 Å². The van der Waals surface area contributed by atoms with Gasteiger partial charge in [0.2, 0.25) is 0 Å². The van der Waals surface area contributed by atoms with Crippen molar-refractivity contribution in [2.75, 3.05) is 0 Å². The van der Waals surface area contributed by atoms with Crippen LogP contribution in [-0.4, -0.2) is 15.8 Å². The molecule has 1 aromatic carbocycles. The lowest BCUT2D eigenvalue weighted by molar-refractivity contribution is 0.815. The van der Waals surface area contributed by atoms with Crippen molar-refractivity contribution < 1.29 is 0 Å². The van der Waals surface area contributed by atoms with Gasteiger partial charge in [0.25, 0.3) is 0 Å². The fourth-order valence-electron chi connectivity index (χ4n) is 3.12. The third-order valence-corrected chi connectivity index (χ3v) is 4.41. The Hall–Kier alpha value is -2.62. The van der Waals surface area contributed by atoms with Crippen LogP contribution in [0.25, 0.3) is 11.0 Å². The van der Waals surface area contributed by atoms with Crippen molar-refractivity contribution in [3.63, 3.8) is 0 Å². The molecule has 2 aromatic heterocycles. The van der Waals surface area contributed by atoms with Crippen molar-refractivity contribution in [3.8, 4) is 0 Å². The van der Waals surface area contributed by atoms with Crippen LogP contribution in [0.3, 0.4) is 0 Å². The lowest BCUT2D eigenvalue weighted by Crippen LogP contribution is -2.11. The predicted molar refractivity (Wildman–Crippen MR) is 83.6 cm³/mol. The zero-order valence-corrected chi connectivity index (χ0v) is 11.6. The predicted octanol–water partition coefficient (Wildman–Crippen LogP) is 2.93. The number of pyridine rings is 1.